The molecule has 10 aromatic rings. The van der Waals surface area contributed by atoms with Crippen LogP contribution in [0.1, 0.15) is 47.2 Å². The minimum absolute atomic E-state index is 0.214. The lowest BCUT2D eigenvalue weighted by Crippen LogP contribution is -2.36. The lowest BCUT2D eigenvalue weighted by Gasteiger charge is -2.40. The average molecular weight is 782 g/mol. The van der Waals surface area contributed by atoms with E-state index in [9.17, 15) is 0 Å². The molecule has 0 bridgehead atoms. The molecule has 0 aliphatic heterocycles. The van der Waals surface area contributed by atoms with Crippen molar-refractivity contribution >= 4 is 60.8 Å². The van der Waals surface area contributed by atoms with E-state index in [4.69, 9.17) is 8.83 Å². The third-order valence-corrected chi connectivity index (χ3v) is 13.9. The van der Waals surface area contributed by atoms with E-state index in [1.54, 1.807) is 0 Å². The zero-order valence-electron chi connectivity index (χ0n) is 33.9. The van der Waals surface area contributed by atoms with E-state index in [0.29, 0.717) is 0 Å². The number of benzene rings is 8. The topological polar surface area (TPSA) is 29.5 Å². The molecule has 1 unspecified atom stereocenters. The van der Waals surface area contributed by atoms with Crippen LogP contribution < -0.4 is 4.90 Å². The third-order valence-electron chi connectivity index (χ3n) is 13.9. The van der Waals surface area contributed by atoms with Gasteiger partial charge < -0.3 is 13.7 Å². The summed E-state index contributed by atoms with van der Waals surface area (Å²) in [6.07, 6.45) is 6.22. The smallest absolute Gasteiger partial charge is 0.159 e. The number of furan rings is 2. The Morgan fingerprint density at radius 3 is 1.84 bits per heavy atom. The fourth-order valence-electron chi connectivity index (χ4n) is 11.3. The van der Waals surface area contributed by atoms with Gasteiger partial charge in [-0.3, -0.25) is 0 Å². The molecule has 0 fully saturated rings. The fourth-order valence-corrected chi connectivity index (χ4v) is 11.3. The Bertz CT molecular complexity index is 3610. The third kappa shape index (κ3) is 4.32. The van der Waals surface area contributed by atoms with Gasteiger partial charge in [-0.15, -0.1) is 0 Å². The number of anilines is 2. The zero-order chi connectivity index (χ0) is 40.6. The molecule has 2 aromatic heterocycles. The van der Waals surface area contributed by atoms with E-state index in [1.807, 2.05) is 6.08 Å². The van der Waals surface area contributed by atoms with Crippen molar-refractivity contribution in [1.29, 1.82) is 0 Å². The number of para-hydroxylation sites is 3. The first-order valence-electron chi connectivity index (χ1n) is 21.1. The molecular formula is C58H39NO2. The van der Waals surface area contributed by atoms with E-state index in [-0.39, 0.29) is 5.41 Å². The summed E-state index contributed by atoms with van der Waals surface area (Å²) < 4.78 is 13.9. The Labute approximate surface area is 353 Å². The van der Waals surface area contributed by atoms with Crippen LogP contribution in [0.25, 0.3) is 71.7 Å². The van der Waals surface area contributed by atoms with Crippen LogP contribution in [0.4, 0.5) is 11.4 Å². The summed E-state index contributed by atoms with van der Waals surface area (Å²) in [7, 11) is 0. The molecule has 0 amide bonds. The van der Waals surface area contributed by atoms with Gasteiger partial charge in [-0.25, -0.2) is 0 Å². The zero-order valence-corrected chi connectivity index (χ0v) is 33.9. The molecule has 8 aromatic carbocycles. The van der Waals surface area contributed by atoms with Crippen LogP contribution in [0.15, 0.2) is 209 Å². The van der Waals surface area contributed by atoms with Crippen LogP contribution in [0, 0.1) is 0 Å². The fraction of sp³-hybridized carbons (Fsp3) is 0.0690. The van der Waals surface area contributed by atoms with Gasteiger partial charge in [-0.05, 0) is 80.4 Å². The minimum Gasteiger partial charge on any atom is -0.455 e. The maximum Gasteiger partial charge on any atom is 0.159 e. The molecule has 0 saturated heterocycles. The first-order chi connectivity index (χ1) is 30.0. The molecule has 2 heterocycles. The van der Waals surface area contributed by atoms with Gasteiger partial charge in [0, 0.05) is 43.8 Å². The van der Waals surface area contributed by atoms with Gasteiger partial charge >= 0.3 is 0 Å². The summed E-state index contributed by atoms with van der Waals surface area (Å²) in [6, 6.07) is 62.0. The molecule has 0 N–H and O–H groups in total. The first-order valence-corrected chi connectivity index (χ1v) is 21.1. The highest BCUT2D eigenvalue weighted by Gasteiger charge is 2.56. The molecular weight excluding hydrogens is 743 g/mol. The van der Waals surface area contributed by atoms with Crippen molar-refractivity contribution in [3.05, 3.63) is 234 Å². The van der Waals surface area contributed by atoms with Crippen LogP contribution in [-0.2, 0) is 10.8 Å². The number of allylic oxidation sites excluding steroid dienone is 5. The van der Waals surface area contributed by atoms with Crippen molar-refractivity contribution in [2.24, 2.45) is 0 Å². The second-order valence-corrected chi connectivity index (χ2v) is 17.1. The second kappa shape index (κ2) is 12.2. The number of hydrogen-bond acceptors (Lipinski definition) is 3. The van der Waals surface area contributed by atoms with Gasteiger partial charge in [0.05, 0.1) is 16.8 Å². The highest BCUT2D eigenvalue weighted by molar-refractivity contribution is 6.15. The molecule has 61 heavy (non-hydrogen) atoms. The molecule has 13 rings (SSSR count). The maximum atomic E-state index is 6.99. The van der Waals surface area contributed by atoms with Crippen molar-refractivity contribution in [3.63, 3.8) is 0 Å². The molecule has 0 radical (unpaired) electrons. The van der Waals surface area contributed by atoms with Gasteiger partial charge in [0.1, 0.15) is 16.7 Å². The van der Waals surface area contributed by atoms with Crippen LogP contribution in [-0.4, -0.2) is 0 Å². The number of fused-ring (bicyclic) bond motifs is 17. The Hall–Kier alpha value is -7.62. The summed E-state index contributed by atoms with van der Waals surface area (Å²) in [5, 5.41) is 4.42. The SMILES string of the molecule is C=C/C=C\C1=C(N(c2ccc3c(c2)C(C)(C)c2ccccc2-3)c2cccc3c2oc2ccccc23)C2(c3ccccc31)c1ccccc1-c1c2ccc2c1oc1ccccc12. The standard InChI is InChI=1S/C58H39NO2/c1-4-5-17-43-37-19-7-12-25-46(37)58(47-26-13-8-22-44(47)53-48(58)33-32-42-40-21-10-15-29-52(40)61-55(42)53)56(43)59(50-27-16-23-41-39-20-9-14-28-51(39)60-54(41)50)35-30-31-38-36-18-6-11-24-45(36)57(2,3)49(38)34-35/h4-34H,1H2,2-3H3/b17-5-. The molecule has 3 heteroatoms. The van der Waals surface area contributed by atoms with E-state index < -0.39 is 5.41 Å². The van der Waals surface area contributed by atoms with E-state index >= 15 is 0 Å². The number of hydrogen-bond donors (Lipinski definition) is 0. The van der Waals surface area contributed by atoms with E-state index in [2.05, 4.69) is 207 Å². The minimum atomic E-state index is -0.762. The predicted molar refractivity (Wildman–Crippen MR) is 252 cm³/mol. The normalized spacial score (nSPS) is 16.8. The monoisotopic (exact) mass is 781 g/mol. The molecule has 3 aliphatic carbocycles. The van der Waals surface area contributed by atoms with Crippen LogP contribution in [0.5, 0.6) is 0 Å². The second-order valence-electron chi connectivity index (χ2n) is 17.1. The van der Waals surface area contributed by atoms with Gasteiger partial charge in [-0.1, -0.05) is 178 Å². The quantitative estimate of drug-likeness (QED) is 0.163. The van der Waals surface area contributed by atoms with Crippen LogP contribution in [0.2, 0.25) is 0 Å². The van der Waals surface area contributed by atoms with Crippen molar-refractivity contribution < 1.29 is 8.83 Å². The summed E-state index contributed by atoms with van der Waals surface area (Å²) in [4.78, 5) is 2.53. The van der Waals surface area contributed by atoms with Gasteiger partial charge in [-0.2, -0.15) is 0 Å². The lowest BCUT2D eigenvalue weighted by atomic mass is 9.71. The van der Waals surface area contributed by atoms with Gasteiger partial charge in [0.2, 0.25) is 0 Å². The van der Waals surface area contributed by atoms with Crippen molar-refractivity contribution in [2.75, 3.05) is 4.90 Å². The average Bonchev–Trinajstić information content (AvgIpc) is 4.07. The van der Waals surface area contributed by atoms with Crippen molar-refractivity contribution in [3.8, 4) is 22.3 Å². The largest absolute Gasteiger partial charge is 0.455 e. The molecule has 1 atom stereocenters. The van der Waals surface area contributed by atoms with E-state index in [1.165, 1.54) is 50.1 Å². The summed E-state index contributed by atoms with van der Waals surface area (Å²) in [6.45, 7) is 8.89. The van der Waals surface area contributed by atoms with Crippen molar-refractivity contribution in [1.82, 2.24) is 0 Å². The Balaban J connectivity index is 1.21. The Kier molecular flexibility index (Phi) is 6.86. The van der Waals surface area contributed by atoms with Crippen LogP contribution in [0.3, 0.4) is 0 Å². The summed E-state index contributed by atoms with van der Waals surface area (Å²) >= 11 is 0. The summed E-state index contributed by atoms with van der Waals surface area (Å²) in [5.41, 5.74) is 19.2. The van der Waals surface area contributed by atoms with Crippen LogP contribution >= 0.6 is 0 Å². The molecule has 0 saturated carbocycles. The van der Waals surface area contributed by atoms with E-state index in [0.717, 1.165) is 72.1 Å². The number of rotatable bonds is 5. The molecule has 3 nitrogen and oxygen atoms in total. The Morgan fingerprint density at radius 1 is 0.492 bits per heavy atom. The first kappa shape index (κ1) is 34.3. The highest BCUT2D eigenvalue weighted by Crippen LogP contribution is 2.66. The molecule has 288 valence electrons. The summed E-state index contributed by atoms with van der Waals surface area (Å²) in [5.74, 6) is 0. The van der Waals surface area contributed by atoms with Gasteiger partial charge in [0.25, 0.3) is 0 Å². The van der Waals surface area contributed by atoms with Crippen molar-refractivity contribution in [2.45, 2.75) is 24.7 Å². The maximum absolute atomic E-state index is 6.99. The molecule has 3 aliphatic rings. The van der Waals surface area contributed by atoms with Gasteiger partial charge in [0.15, 0.2) is 5.58 Å². The predicted octanol–water partition coefficient (Wildman–Crippen LogP) is 15.4. The number of nitrogens with zero attached hydrogens (tertiary/aromatic N) is 1. The highest BCUT2D eigenvalue weighted by atomic mass is 16.3. The molecule has 1 spiro atoms. The lowest BCUT2D eigenvalue weighted by molar-refractivity contribution is 0.659. The Morgan fingerprint density at radius 2 is 1.08 bits per heavy atom.